The van der Waals surface area contributed by atoms with Gasteiger partial charge in [0.05, 0.1) is 22.1 Å². The van der Waals surface area contributed by atoms with Crippen LogP contribution < -0.4 is 10.1 Å². The monoisotopic (exact) mass is 336 g/mol. The van der Waals surface area contributed by atoms with Gasteiger partial charge >= 0.3 is 6.09 Å². The Kier molecular flexibility index (Phi) is 4.05. The predicted octanol–water partition coefficient (Wildman–Crippen LogP) is 3.57. The Morgan fingerprint density at radius 1 is 1.28 bits per heavy atom. The second-order valence-corrected chi connectivity index (χ2v) is 5.27. The zero-order chi connectivity index (χ0) is 18.0. The fourth-order valence-corrected chi connectivity index (χ4v) is 2.41. The molecular weight excluding hydrogens is 324 g/mol. The lowest BCUT2D eigenvalue weighted by molar-refractivity contribution is -0.384. The fraction of sp³-hybridized carbons (Fsp3) is 0.0588. The van der Waals surface area contributed by atoms with Crippen LogP contribution in [-0.2, 0) is 7.05 Å². The van der Waals surface area contributed by atoms with E-state index in [0.29, 0.717) is 22.2 Å². The van der Waals surface area contributed by atoms with Gasteiger partial charge in [0.1, 0.15) is 0 Å². The maximum atomic E-state index is 12.1. The molecule has 124 valence electrons. The number of hydrogen-bond donors (Lipinski definition) is 1. The fourth-order valence-electron chi connectivity index (χ4n) is 2.41. The lowest BCUT2D eigenvalue weighted by atomic mass is 10.2. The van der Waals surface area contributed by atoms with E-state index < -0.39 is 11.0 Å². The van der Waals surface area contributed by atoms with Crippen molar-refractivity contribution in [3.05, 3.63) is 64.3 Å². The van der Waals surface area contributed by atoms with Crippen molar-refractivity contribution in [2.45, 2.75) is 0 Å². The summed E-state index contributed by atoms with van der Waals surface area (Å²) in [5, 5.41) is 22.7. The van der Waals surface area contributed by atoms with Gasteiger partial charge in [-0.05, 0) is 30.3 Å². The SMILES string of the molecule is Cn1cc(OC(=O)Nc2ccc(C#N)cc2)c2cc([N+](=O)[O-])ccc21. The summed E-state index contributed by atoms with van der Waals surface area (Å²) in [7, 11) is 1.75. The molecule has 0 aliphatic carbocycles. The molecule has 0 aliphatic heterocycles. The molecular formula is C17H12N4O4. The number of rotatable bonds is 3. The van der Waals surface area contributed by atoms with Crippen molar-refractivity contribution < 1.29 is 14.5 Å². The van der Waals surface area contributed by atoms with Crippen molar-refractivity contribution in [1.82, 2.24) is 4.57 Å². The van der Waals surface area contributed by atoms with E-state index in [1.807, 2.05) is 6.07 Å². The molecule has 0 saturated heterocycles. The van der Waals surface area contributed by atoms with Crippen molar-refractivity contribution in [1.29, 1.82) is 5.26 Å². The number of carbonyl (C=O) groups excluding carboxylic acids is 1. The zero-order valence-corrected chi connectivity index (χ0v) is 13.1. The number of benzene rings is 2. The average Bonchev–Trinajstić information content (AvgIpc) is 2.90. The molecule has 8 nitrogen and oxygen atoms in total. The molecule has 25 heavy (non-hydrogen) atoms. The van der Waals surface area contributed by atoms with Crippen LogP contribution in [0, 0.1) is 21.4 Å². The molecule has 2 aromatic carbocycles. The van der Waals surface area contributed by atoms with Crippen LogP contribution in [0.1, 0.15) is 5.56 Å². The lowest BCUT2D eigenvalue weighted by Gasteiger charge is -2.05. The molecule has 1 heterocycles. The third-order valence-electron chi connectivity index (χ3n) is 3.61. The third kappa shape index (κ3) is 3.25. The predicted molar refractivity (Wildman–Crippen MR) is 90.4 cm³/mol. The number of anilines is 1. The number of hydrogen-bond acceptors (Lipinski definition) is 5. The van der Waals surface area contributed by atoms with E-state index in [4.69, 9.17) is 10.00 Å². The first-order chi connectivity index (χ1) is 12.0. The molecule has 3 aromatic rings. The smallest absolute Gasteiger partial charge is 0.408 e. The molecule has 1 amide bonds. The van der Waals surface area contributed by atoms with Crippen molar-refractivity contribution in [2.24, 2.45) is 7.05 Å². The van der Waals surface area contributed by atoms with E-state index in [1.165, 1.54) is 12.1 Å². The van der Waals surface area contributed by atoms with Gasteiger partial charge in [0.15, 0.2) is 5.75 Å². The van der Waals surface area contributed by atoms with Crippen molar-refractivity contribution in [3.8, 4) is 11.8 Å². The van der Waals surface area contributed by atoms with E-state index in [2.05, 4.69) is 5.32 Å². The largest absolute Gasteiger partial charge is 0.417 e. The summed E-state index contributed by atoms with van der Waals surface area (Å²) in [6, 6.07) is 12.6. The number of ether oxygens (including phenoxy) is 1. The number of fused-ring (bicyclic) bond motifs is 1. The zero-order valence-electron chi connectivity index (χ0n) is 13.1. The van der Waals surface area contributed by atoms with E-state index in [9.17, 15) is 14.9 Å². The highest BCUT2D eigenvalue weighted by Gasteiger charge is 2.15. The van der Waals surface area contributed by atoms with Gasteiger partial charge in [-0.3, -0.25) is 15.4 Å². The molecule has 0 atom stereocenters. The van der Waals surface area contributed by atoms with Gasteiger partial charge in [0.25, 0.3) is 5.69 Å². The highest BCUT2D eigenvalue weighted by atomic mass is 16.6. The van der Waals surface area contributed by atoms with Gasteiger partial charge in [0, 0.05) is 36.5 Å². The number of amides is 1. The summed E-state index contributed by atoms with van der Waals surface area (Å²) < 4.78 is 7.00. The molecule has 1 N–H and O–H groups in total. The number of non-ortho nitro benzene ring substituents is 1. The summed E-state index contributed by atoms with van der Waals surface area (Å²) in [4.78, 5) is 22.5. The van der Waals surface area contributed by atoms with Gasteiger partial charge in [-0.15, -0.1) is 0 Å². The highest BCUT2D eigenvalue weighted by Crippen LogP contribution is 2.31. The first-order valence-electron chi connectivity index (χ1n) is 7.20. The van der Waals surface area contributed by atoms with Crippen LogP contribution in [0.5, 0.6) is 5.75 Å². The Hall–Kier alpha value is -3.86. The number of nitrogens with zero attached hydrogens (tertiary/aromatic N) is 3. The number of nitriles is 1. The molecule has 8 heteroatoms. The Labute approximate surface area is 142 Å². The minimum Gasteiger partial charge on any atom is -0.408 e. The summed E-state index contributed by atoms with van der Waals surface area (Å²) in [5.74, 6) is 0.215. The average molecular weight is 336 g/mol. The Bertz CT molecular complexity index is 1020. The van der Waals surface area contributed by atoms with Crippen molar-refractivity contribution in [3.63, 3.8) is 0 Å². The number of aryl methyl sites for hydroxylation is 1. The number of nitro groups is 1. The summed E-state index contributed by atoms with van der Waals surface area (Å²) in [6.07, 6.45) is 0.843. The molecule has 0 aliphatic rings. The van der Waals surface area contributed by atoms with Crippen LogP contribution in [0.3, 0.4) is 0 Å². The number of aromatic nitrogens is 1. The second-order valence-electron chi connectivity index (χ2n) is 5.27. The van der Waals surface area contributed by atoms with Crippen LogP contribution in [0.15, 0.2) is 48.7 Å². The van der Waals surface area contributed by atoms with Crippen LogP contribution >= 0.6 is 0 Å². The number of nitro benzene ring substituents is 1. The van der Waals surface area contributed by atoms with Gasteiger partial charge in [0.2, 0.25) is 0 Å². The van der Waals surface area contributed by atoms with Gasteiger partial charge in [-0.2, -0.15) is 5.26 Å². The van der Waals surface area contributed by atoms with Crippen molar-refractivity contribution >= 4 is 28.4 Å². The molecule has 0 fully saturated rings. The summed E-state index contributed by atoms with van der Waals surface area (Å²) in [5.41, 5.74) is 1.55. The Balaban J connectivity index is 1.84. The van der Waals surface area contributed by atoms with Crippen LogP contribution in [0.25, 0.3) is 10.9 Å². The van der Waals surface area contributed by atoms with Crippen LogP contribution in [0.4, 0.5) is 16.2 Å². The highest BCUT2D eigenvalue weighted by molar-refractivity contribution is 5.93. The van der Waals surface area contributed by atoms with E-state index >= 15 is 0 Å². The minimum absolute atomic E-state index is 0.0870. The summed E-state index contributed by atoms with van der Waals surface area (Å²) >= 11 is 0. The van der Waals surface area contributed by atoms with Gasteiger partial charge in [-0.1, -0.05) is 0 Å². The minimum atomic E-state index is -0.733. The topological polar surface area (TPSA) is 110 Å². The van der Waals surface area contributed by atoms with Crippen LogP contribution in [0.2, 0.25) is 0 Å². The quantitative estimate of drug-likeness (QED) is 0.580. The molecule has 0 radical (unpaired) electrons. The Morgan fingerprint density at radius 3 is 2.64 bits per heavy atom. The van der Waals surface area contributed by atoms with E-state index in [0.717, 1.165) is 0 Å². The second kappa shape index (κ2) is 6.33. The first-order valence-corrected chi connectivity index (χ1v) is 7.20. The molecule has 0 unspecified atom stereocenters. The standard InChI is InChI=1S/C17H12N4O4/c1-20-10-16(14-8-13(21(23)24)6-7-15(14)20)25-17(22)19-12-4-2-11(9-18)3-5-12/h2-8,10H,1H3,(H,19,22). The molecule has 0 spiro atoms. The lowest BCUT2D eigenvalue weighted by Crippen LogP contribution is -2.16. The van der Waals surface area contributed by atoms with Crippen LogP contribution in [-0.4, -0.2) is 15.6 Å². The normalized spacial score (nSPS) is 10.2. The third-order valence-corrected chi connectivity index (χ3v) is 3.61. The molecule has 0 bridgehead atoms. The van der Waals surface area contributed by atoms with Gasteiger partial charge in [-0.25, -0.2) is 4.79 Å². The number of carbonyl (C=O) groups is 1. The van der Waals surface area contributed by atoms with Crippen molar-refractivity contribution in [2.75, 3.05) is 5.32 Å². The van der Waals surface area contributed by atoms with Gasteiger partial charge < -0.3 is 9.30 Å². The Morgan fingerprint density at radius 2 is 2.00 bits per heavy atom. The summed E-state index contributed by atoms with van der Waals surface area (Å²) in [6.45, 7) is 0. The maximum Gasteiger partial charge on any atom is 0.417 e. The van der Waals surface area contributed by atoms with E-state index in [-0.39, 0.29) is 11.4 Å². The molecule has 0 saturated carbocycles. The molecule has 1 aromatic heterocycles. The maximum absolute atomic E-state index is 12.1. The van der Waals surface area contributed by atoms with E-state index in [1.54, 1.807) is 48.1 Å². The number of nitrogens with one attached hydrogen (secondary N) is 1. The first kappa shape index (κ1) is 16.0. The molecule has 3 rings (SSSR count).